The molecule has 0 atom stereocenters. The first-order chi connectivity index (χ1) is 24.5. The van der Waals surface area contributed by atoms with Crippen molar-refractivity contribution in [1.29, 1.82) is 0 Å². The van der Waals surface area contributed by atoms with E-state index < -0.39 is 16.6 Å². The second-order valence-corrected chi connectivity index (χ2v) is 29.5. The SMILES string of the molecule is CC(C)(C)[Si](C)(C)OC1CCC(N(c2ccc(C#CC3CC3)cc2)c2c(C3CC3)n(C3CCC(O[Si](C)(C)C(C)(C)C)CC3)c3ccccc23)CC1. The molecule has 0 unspecified atom stereocenters. The largest absolute Gasteiger partial charge is 0.414 e. The number of hydrogen-bond donors (Lipinski definition) is 0. The molecule has 4 aliphatic rings. The van der Waals surface area contributed by atoms with Gasteiger partial charge in [-0.2, -0.15) is 0 Å². The van der Waals surface area contributed by atoms with Crippen LogP contribution >= 0.6 is 0 Å². The lowest BCUT2D eigenvalue weighted by Gasteiger charge is -2.43. The van der Waals surface area contributed by atoms with E-state index in [0.717, 1.165) is 44.1 Å². The van der Waals surface area contributed by atoms with E-state index >= 15 is 0 Å². The van der Waals surface area contributed by atoms with E-state index in [2.05, 4.69) is 138 Å². The van der Waals surface area contributed by atoms with Gasteiger partial charge in [0, 0.05) is 58.5 Å². The maximum Gasteiger partial charge on any atom is 0.192 e. The van der Waals surface area contributed by atoms with Gasteiger partial charge in [0.15, 0.2) is 16.6 Å². The van der Waals surface area contributed by atoms with Crippen molar-refractivity contribution in [2.24, 2.45) is 5.92 Å². The van der Waals surface area contributed by atoms with E-state index in [1.165, 1.54) is 60.8 Å². The Morgan fingerprint density at radius 1 is 0.654 bits per heavy atom. The molecule has 7 rings (SSSR count). The Morgan fingerprint density at radius 3 is 1.71 bits per heavy atom. The van der Waals surface area contributed by atoms with Crippen molar-refractivity contribution in [2.75, 3.05) is 4.90 Å². The van der Waals surface area contributed by atoms with Crippen LogP contribution in [0.4, 0.5) is 11.4 Å². The van der Waals surface area contributed by atoms with E-state index in [4.69, 9.17) is 8.85 Å². The summed E-state index contributed by atoms with van der Waals surface area (Å²) in [6, 6.07) is 19.7. The summed E-state index contributed by atoms with van der Waals surface area (Å²) < 4.78 is 16.9. The molecule has 0 amide bonds. The summed E-state index contributed by atoms with van der Waals surface area (Å²) in [6.45, 7) is 23.9. The van der Waals surface area contributed by atoms with Gasteiger partial charge >= 0.3 is 0 Å². The van der Waals surface area contributed by atoms with Gasteiger partial charge in [0.25, 0.3) is 0 Å². The zero-order chi connectivity index (χ0) is 37.1. The van der Waals surface area contributed by atoms with Crippen LogP contribution < -0.4 is 4.90 Å². The fraction of sp³-hybridized carbons (Fsp3) is 0.652. The first kappa shape index (κ1) is 38.0. The van der Waals surface area contributed by atoms with Gasteiger partial charge in [0.05, 0.1) is 11.2 Å². The van der Waals surface area contributed by atoms with E-state index in [9.17, 15) is 0 Å². The van der Waals surface area contributed by atoms with Gasteiger partial charge in [-0.25, -0.2) is 0 Å². The van der Waals surface area contributed by atoms with Crippen LogP contribution in [0, 0.1) is 17.8 Å². The molecule has 1 aromatic heterocycles. The van der Waals surface area contributed by atoms with Crippen LogP contribution in [0.15, 0.2) is 48.5 Å². The predicted octanol–water partition coefficient (Wildman–Crippen LogP) is 13.3. The minimum atomic E-state index is -1.82. The molecule has 0 saturated heterocycles. The molecule has 0 radical (unpaired) electrons. The minimum absolute atomic E-state index is 0.233. The molecule has 2 aromatic carbocycles. The van der Waals surface area contributed by atoms with Crippen molar-refractivity contribution < 1.29 is 8.85 Å². The molecule has 4 saturated carbocycles. The second kappa shape index (κ2) is 14.4. The van der Waals surface area contributed by atoms with Crippen LogP contribution in [0.1, 0.15) is 142 Å². The zero-order valence-corrected chi connectivity index (χ0v) is 36.3. The Hall–Kier alpha value is -2.31. The molecule has 0 spiro atoms. The summed E-state index contributed by atoms with van der Waals surface area (Å²) in [5.74, 6) is 8.21. The molecule has 3 aromatic rings. The van der Waals surface area contributed by atoms with Crippen LogP contribution in [-0.2, 0) is 8.85 Å². The van der Waals surface area contributed by atoms with Gasteiger partial charge in [-0.15, -0.1) is 0 Å². The highest BCUT2D eigenvalue weighted by molar-refractivity contribution is 6.74. The molecule has 6 heteroatoms. The van der Waals surface area contributed by atoms with Crippen LogP contribution in [-0.4, -0.2) is 39.5 Å². The average molecular weight is 737 g/mol. The molecule has 52 heavy (non-hydrogen) atoms. The number of rotatable bonds is 9. The van der Waals surface area contributed by atoms with Gasteiger partial charge < -0.3 is 18.3 Å². The Kier molecular flexibility index (Phi) is 10.5. The molecule has 4 fully saturated rings. The lowest BCUT2D eigenvalue weighted by Crippen LogP contribution is -2.46. The maximum atomic E-state index is 7.03. The quantitative estimate of drug-likeness (QED) is 0.162. The summed E-state index contributed by atoms with van der Waals surface area (Å²) >= 11 is 0. The molecule has 282 valence electrons. The van der Waals surface area contributed by atoms with Crippen molar-refractivity contribution in [3.8, 4) is 11.8 Å². The fourth-order valence-electron chi connectivity index (χ4n) is 8.33. The van der Waals surface area contributed by atoms with E-state index in [1.54, 1.807) is 5.69 Å². The number of aromatic nitrogens is 1. The topological polar surface area (TPSA) is 26.6 Å². The highest BCUT2D eigenvalue weighted by atomic mass is 28.4. The van der Waals surface area contributed by atoms with Gasteiger partial charge in [0.2, 0.25) is 0 Å². The third-order valence-corrected chi connectivity index (χ3v) is 22.9. The highest BCUT2D eigenvalue weighted by Gasteiger charge is 2.43. The van der Waals surface area contributed by atoms with Gasteiger partial charge in [-0.1, -0.05) is 71.6 Å². The summed E-state index contributed by atoms with van der Waals surface area (Å²) in [6.07, 6.45) is 15.2. The normalized spacial score (nSPS) is 24.8. The number of para-hydroxylation sites is 1. The summed E-state index contributed by atoms with van der Waals surface area (Å²) in [5, 5.41) is 1.91. The Bertz CT molecular complexity index is 1760. The lowest BCUT2D eigenvalue weighted by atomic mass is 9.90. The van der Waals surface area contributed by atoms with E-state index in [0.29, 0.717) is 36.1 Å². The van der Waals surface area contributed by atoms with Crippen LogP contribution in [0.25, 0.3) is 10.9 Å². The van der Waals surface area contributed by atoms with Gasteiger partial charge in [-0.3, -0.25) is 0 Å². The Morgan fingerprint density at radius 2 is 1.19 bits per heavy atom. The van der Waals surface area contributed by atoms with Gasteiger partial charge in [-0.05, 0) is 144 Å². The Balaban J connectivity index is 1.23. The fourth-order valence-corrected chi connectivity index (χ4v) is 11.2. The van der Waals surface area contributed by atoms with Crippen molar-refractivity contribution in [1.82, 2.24) is 4.57 Å². The first-order valence-electron chi connectivity index (χ1n) is 20.9. The van der Waals surface area contributed by atoms with Crippen molar-refractivity contribution >= 4 is 38.9 Å². The third-order valence-electron chi connectivity index (χ3n) is 13.8. The van der Waals surface area contributed by atoms with Crippen LogP contribution in [0.2, 0.25) is 36.3 Å². The lowest BCUT2D eigenvalue weighted by molar-refractivity contribution is 0.118. The smallest absolute Gasteiger partial charge is 0.192 e. The van der Waals surface area contributed by atoms with Crippen LogP contribution in [0.3, 0.4) is 0 Å². The number of benzene rings is 2. The number of nitrogens with zero attached hydrogens (tertiary/aromatic N) is 2. The number of fused-ring (bicyclic) bond motifs is 1. The van der Waals surface area contributed by atoms with E-state index in [1.807, 2.05) is 0 Å². The molecule has 4 nitrogen and oxygen atoms in total. The van der Waals surface area contributed by atoms with Crippen molar-refractivity contribution in [3.05, 3.63) is 59.8 Å². The standard InChI is InChI=1S/C46H68N2O2Si2/c1-45(2,3)51(7,8)49-39-29-25-37(26-30-39)47(36-23-19-34(20-24-36)18-17-33-15-16-33)44-41-13-11-12-14-42(41)48(43(44)35-21-22-35)38-27-31-40(32-28-38)50-52(9,10)46(4,5)6/h11-14,19-20,23-24,33,35,37-40H,15-16,21-22,25-32H2,1-10H3. The monoisotopic (exact) mass is 736 g/mol. The second-order valence-electron chi connectivity index (χ2n) is 20.0. The predicted molar refractivity (Wildman–Crippen MR) is 226 cm³/mol. The molecule has 0 bridgehead atoms. The molecule has 4 aliphatic carbocycles. The first-order valence-corrected chi connectivity index (χ1v) is 26.7. The molecular formula is C46H68N2O2Si2. The zero-order valence-electron chi connectivity index (χ0n) is 34.3. The average Bonchev–Trinajstić information content (AvgIpc) is 4.03. The molecular weight excluding hydrogens is 669 g/mol. The van der Waals surface area contributed by atoms with E-state index in [-0.39, 0.29) is 10.1 Å². The highest BCUT2D eigenvalue weighted by Crippen LogP contribution is 2.54. The minimum Gasteiger partial charge on any atom is -0.414 e. The maximum absolute atomic E-state index is 7.03. The van der Waals surface area contributed by atoms with Crippen molar-refractivity contribution in [2.45, 2.75) is 185 Å². The summed E-state index contributed by atoms with van der Waals surface area (Å²) in [5.41, 5.74) is 6.99. The van der Waals surface area contributed by atoms with Gasteiger partial charge in [0.1, 0.15) is 0 Å². The number of anilines is 2. The molecule has 1 heterocycles. The Labute approximate surface area is 318 Å². The van der Waals surface area contributed by atoms with Crippen LogP contribution in [0.5, 0.6) is 0 Å². The third kappa shape index (κ3) is 8.04. The van der Waals surface area contributed by atoms with Crippen molar-refractivity contribution in [3.63, 3.8) is 0 Å². The summed E-state index contributed by atoms with van der Waals surface area (Å²) in [7, 11) is -3.61. The summed E-state index contributed by atoms with van der Waals surface area (Å²) in [4.78, 5) is 2.80. The number of hydrogen-bond acceptors (Lipinski definition) is 3. The molecule has 0 aliphatic heterocycles. The molecule has 0 N–H and O–H groups in total.